The maximum Gasteiger partial charge on any atom is 0.270 e. The normalized spacial score (nSPS) is 16.8. The van der Waals surface area contributed by atoms with E-state index < -0.39 is 11.8 Å². The summed E-state index contributed by atoms with van der Waals surface area (Å²) in [6.45, 7) is 5.81. The molecule has 0 radical (unpaired) electrons. The third-order valence-electron chi connectivity index (χ3n) is 6.74. The van der Waals surface area contributed by atoms with Gasteiger partial charge >= 0.3 is 0 Å². The molecule has 5 rings (SSSR count). The second kappa shape index (κ2) is 9.43. The quantitative estimate of drug-likeness (QED) is 0.242. The number of aromatic nitrogens is 1. The lowest BCUT2D eigenvalue weighted by Crippen LogP contribution is -2.54. The fraction of sp³-hybridized carbons (Fsp3) is 0.259. The largest absolute Gasteiger partial charge is 0.308 e. The number of hydrogen-bond acceptors (Lipinski definition) is 5. The van der Waals surface area contributed by atoms with E-state index in [1.807, 2.05) is 39.0 Å². The van der Waals surface area contributed by atoms with Crippen molar-refractivity contribution in [2.24, 2.45) is 0 Å². The maximum atomic E-state index is 13.5. The molecule has 0 atom stereocenters. The first kappa shape index (κ1) is 24.6. The number of hydrogen-bond donors (Lipinski definition) is 1. The van der Waals surface area contributed by atoms with Crippen LogP contribution in [0.25, 0.3) is 11.1 Å². The number of anilines is 1. The molecule has 3 aromatic rings. The Morgan fingerprint density at radius 2 is 1.92 bits per heavy atom. The van der Waals surface area contributed by atoms with Crippen LogP contribution in [0.4, 0.5) is 5.69 Å². The van der Waals surface area contributed by atoms with Crippen molar-refractivity contribution in [3.63, 3.8) is 0 Å². The van der Waals surface area contributed by atoms with Crippen molar-refractivity contribution < 1.29 is 9.59 Å². The molecule has 6 nitrogen and oxygen atoms in total. The first-order valence-corrected chi connectivity index (χ1v) is 13.6. The van der Waals surface area contributed by atoms with E-state index in [1.54, 1.807) is 23.5 Å². The van der Waals surface area contributed by atoms with Crippen LogP contribution in [0.3, 0.4) is 0 Å². The summed E-state index contributed by atoms with van der Waals surface area (Å²) in [5.41, 5.74) is 5.95. The molecule has 1 aliphatic carbocycles. The van der Waals surface area contributed by atoms with Crippen molar-refractivity contribution in [2.75, 3.05) is 4.90 Å². The molecule has 0 saturated carbocycles. The third-order valence-corrected chi connectivity index (χ3v) is 8.79. The second-order valence-electron chi connectivity index (χ2n) is 9.05. The molecule has 1 aliphatic heterocycles. The van der Waals surface area contributed by atoms with E-state index in [2.05, 4.69) is 31.9 Å². The number of carbonyl (C=O) groups is 2. The fourth-order valence-corrected chi connectivity index (χ4v) is 7.17. The van der Waals surface area contributed by atoms with Crippen LogP contribution in [0.5, 0.6) is 0 Å². The molecule has 182 valence electrons. The summed E-state index contributed by atoms with van der Waals surface area (Å²) in [4.78, 5) is 29.1. The Kier molecular flexibility index (Phi) is 6.45. The SMILES string of the molecule is Cc1cc(Br)ccc1N1C(=O)/C(=C/c2cc(C)n(-c3sc4c(c3C#N)CCCC4)c2C)C(=O)NC1=S. The smallest absolute Gasteiger partial charge is 0.270 e. The second-order valence-corrected chi connectivity index (χ2v) is 11.4. The number of thiocarbonyl (C=S) groups is 1. The molecule has 2 amide bonds. The van der Waals surface area contributed by atoms with E-state index in [4.69, 9.17) is 12.2 Å². The van der Waals surface area contributed by atoms with Crippen molar-refractivity contribution in [3.05, 3.63) is 72.8 Å². The van der Waals surface area contributed by atoms with E-state index in [9.17, 15) is 14.9 Å². The van der Waals surface area contributed by atoms with Gasteiger partial charge in [0.15, 0.2) is 5.11 Å². The topological polar surface area (TPSA) is 78.1 Å². The van der Waals surface area contributed by atoms with Gasteiger partial charge in [0.1, 0.15) is 16.6 Å². The van der Waals surface area contributed by atoms with Crippen LogP contribution in [0.2, 0.25) is 0 Å². The number of nitrogens with zero attached hydrogens (tertiary/aromatic N) is 3. The van der Waals surface area contributed by atoms with E-state index in [0.29, 0.717) is 5.69 Å². The lowest BCUT2D eigenvalue weighted by Gasteiger charge is -2.30. The van der Waals surface area contributed by atoms with Gasteiger partial charge in [0.05, 0.1) is 11.3 Å². The van der Waals surface area contributed by atoms with Crippen molar-refractivity contribution in [2.45, 2.75) is 46.5 Å². The molecule has 1 fully saturated rings. The molecule has 1 aromatic carbocycles. The van der Waals surface area contributed by atoms with Gasteiger partial charge in [-0.05, 0) is 106 Å². The molecular weight excluding hydrogens is 556 g/mol. The first-order chi connectivity index (χ1) is 17.2. The highest BCUT2D eigenvalue weighted by Gasteiger charge is 2.35. The minimum Gasteiger partial charge on any atom is -0.308 e. The number of fused-ring (bicyclic) bond motifs is 1. The van der Waals surface area contributed by atoms with Gasteiger partial charge in [-0.25, -0.2) is 0 Å². The number of nitrogens with one attached hydrogen (secondary N) is 1. The average molecular weight is 580 g/mol. The summed E-state index contributed by atoms with van der Waals surface area (Å²) in [6.07, 6.45) is 5.81. The van der Waals surface area contributed by atoms with Crippen LogP contribution in [-0.4, -0.2) is 21.5 Å². The van der Waals surface area contributed by atoms with Crippen LogP contribution in [0.1, 0.15) is 51.4 Å². The predicted octanol–water partition coefficient (Wildman–Crippen LogP) is 5.81. The van der Waals surface area contributed by atoms with Crippen LogP contribution in [-0.2, 0) is 22.4 Å². The Labute approximate surface area is 227 Å². The zero-order chi connectivity index (χ0) is 25.7. The molecule has 1 N–H and O–H groups in total. The molecule has 9 heteroatoms. The molecule has 1 saturated heterocycles. The highest BCUT2D eigenvalue weighted by molar-refractivity contribution is 9.10. The van der Waals surface area contributed by atoms with Crippen LogP contribution in [0.15, 0.2) is 34.3 Å². The first-order valence-electron chi connectivity index (χ1n) is 11.6. The summed E-state index contributed by atoms with van der Waals surface area (Å²) in [5.74, 6) is -0.992. The Morgan fingerprint density at radius 1 is 1.17 bits per heavy atom. The number of thiophene rings is 1. The van der Waals surface area contributed by atoms with Gasteiger partial charge in [0.2, 0.25) is 0 Å². The third kappa shape index (κ3) is 4.03. The molecule has 0 unspecified atom stereocenters. The Balaban J connectivity index is 1.58. The summed E-state index contributed by atoms with van der Waals surface area (Å²) in [7, 11) is 0. The van der Waals surface area contributed by atoms with Crippen molar-refractivity contribution in [3.8, 4) is 11.1 Å². The lowest BCUT2D eigenvalue weighted by atomic mass is 9.96. The molecule has 36 heavy (non-hydrogen) atoms. The molecule has 0 bridgehead atoms. The summed E-state index contributed by atoms with van der Waals surface area (Å²) >= 11 is 10.5. The number of rotatable bonds is 3. The number of nitriles is 1. The average Bonchev–Trinajstić information content (AvgIpc) is 3.33. The van der Waals surface area contributed by atoms with Crippen LogP contribution < -0.4 is 10.2 Å². The van der Waals surface area contributed by atoms with Gasteiger partial charge in [-0.1, -0.05) is 15.9 Å². The number of aryl methyl sites for hydroxylation is 3. The molecular formula is C27H23BrN4O2S2. The summed E-state index contributed by atoms with van der Waals surface area (Å²) in [6, 6.07) is 9.91. The van der Waals surface area contributed by atoms with Crippen LogP contribution in [0, 0.1) is 32.1 Å². The molecule has 3 heterocycles. The highest BCUT2D eigenvalue weighted by Crippen LogP contribution is 2.38. The monoisotopic (exact) mass is 578 g/mol. The maximum absolute atomic E-state index is 13.5. The van der Waals surface area contributed by atoms with Gasteiger partial charge in [-0.3, -0.25) is 19.8 Å². The lowest BCUT2D eigenvalue weighted by molar-refractivity contribution is -0.122. The van der Waals surface area contributed by atoms with E-state index in [1.165, 1.54) is 15.3 Å². The minimum atomic E-state index is -0.523. The number of carbonyl (C=O) groups excluding carboxylic acids is 2. The van der Waals surface area contributed by atoms with Crippen LogP contribution >= 0.6 is 39.5 Å². The van der Waals surface area contributed by atoms with Gasteiger partial charge in [-0.2, -0.15) is 5.26 Å². The molecule has 2 aromatic heterocycles. The van der Waals surface area contributed by atoms with E-state index >= 15 is 0 Å². The number of benzene rings is 1. The van der Waals surface area contributed by atoms with E-state index in [0.717, 1.165) is 63.2 Å². The zero-order valence-corrected chi connectivity index (χ0v) is 23.3. The zero-order valence-electron chi connectivity index (χ0n) is 20.1. The van der Waals surface area contributed by atoms with Crippen molar-refractivity contribution >= 4 is 68.2 Å². The molecule has 2 aliphatic rings. The summed E-state index contributed by atoms with van der Waals surface area (Å²) in [5, 5.41) is 13.6. The predicted molar refractivity (Wildman–Crippen MR) is 150 cm³/mol. The van der Waals surface area contributed by atoms with Gasteiger partial charge < -0.3 is 4.57 Å². The minimum absolute atomic E-state index is 0.0112. The van der Waals surface area contributed by atoms with E-state index in [-0.39, 0.29) is 10.7 Å². The molecule has 0 spiro atoms. The highest BCUT2D eigenvalue weighted by atomic mass is 79.9. The van der Waals surface area contributed by atoms with Crippen molar-refractivity contribution in [1.29, 1.82) is 5.26 Å². The standard InChI is InChI=1S/C27H23BrN4O2S2/c1-14-10-18(28)8-9-22(14)32-25(34)20(24(33)30-27(32)35)12-17-11-15(2)31(16(17)3)26-21(13-29)19-6-4-5-7-23(19)36-26/h8-12H,4-7H2,1-3H3,(H,30,33,35)/b20-12+. The van der Waals surface area contributed by atoms with Gasteiger partial charge in [0.25, 0.3) is 11.8 Å². The number of amides is 2. The fourth-order valence-electron chi connectivity index (χ4n) is 4.97. The Bertz CT molecular complexity index is 1540. The van der Waals surface area contributed by atoms with Gasteiger partial charge in [-0.15, -0.1) is 11.3 Å². The number of halogens is 1. The Morgan fingerprint density at radius 3 is 2.64 bits per heavy atom. The Hall–Kier alpha value is -3.06. The van der Waals surface area contributed by atoms with Crippen molar-refractivity contribution in [1.82, 2.24) is 9.88 Å². The summed E-state index contributed by atoms with van der Waals surface area (Å²) < 4.78 is 2.96. The van der Waals surface area contributed by atoms with Gasteiger partial charge in [0, 0.05) is 20.7 Å².